The molecule has 17 heavy (non-hydrogen) atoms. The van der Waals surface area contributed by atoms with Crippen LogP contribution in [0.1, 0.15) is 16.3 Å². The number of pyridine rings is 1. The molecular formula is C11H12N4O2. The molecule has 2 N–H and O–H groups in total. The maximum atomic E-state index is 10.7. The van der Waals surface area contributed by atoms with Gasteiger partial charge in [-0.25, -0.2) is 14.8 Å². The van der Waals surface area contributed by atoms with Crippen molar-refractivity contribution < 1.29 is 9.90 Å². The van der Waals surface area contributed by atoms with E-state index in [2.05, 4.69) is 15.3 Å². The molecule has 0 atom stereocenters. The van der Waals surface area contributed by atoms with Gasteiger partial charge in [0.05, 0.1) is 6.54 Å². The summed E-state index contributed by atoms with van der Waals surface area (Å²) in [6, 6.07) is 3.21. The number of nitrogens with one attached hydrogen (secondary N) is 1. The first kappa shape index (κ1) is 11.1. The van der Waals surface area contributed by atoms with Gasteiger partial charge in [-0.05, 0) is 12.1 Å². The number of aromatic carboxylic acids is 1. The molecule has 2 aromatic rings. The van der Waals surface area contributed by atoms with Gasteiger partial charge in [0.15, 0.2) is 0 Å². The highest BCUT2D eigenvalue weighted by Gasteiger charge is 2.05. The maximum absolute atomic E-state index is 10.7. The number of nitrogens with zero attached hydrogens (tertiary/aromatic N) is 3. The Kier molecular flexibility index (Phi) is 3.04. The van der Waals surface area contributed by atoms with Crippen LogP contribution in [0.25, 0.3) is 0 Å². The number of carboxylic acids is 1. The van der Waals surface area contributed by atoms with E-state index >= 15 is 0 Å². The van der Waals surface area contributed by atoms with E-state index in [1.54, 1.807) is 12.3 Å². The molecule has 0 fully saturated rings. The van der Waals surface area contributed by atoms with Gasteiger partial charge in [-0.15, -0.1) is 0 Å². The fourth-order valence-electron chi connectivity index (χ4n) is 1.41. The van der Waals surface area contributed by atoms with Gasteiger partial charge in [0.2, 0.25) is 0 Å². The first-order valence-electron chi connectivity index (χ1n) is 5.06. The van der Waals surface area contributed by atoms with E-state index < -0.39 is 5.97 Å². The minimum atomic E-state index is -1.04. The largest absolute Gasteiger partial charge is 0.477 e. The van der Waals surface area contributed by atoms with Crippen molar-refractivity contribution in [1.82, 2.24) is 14.5 Å². The third-order valence-corrected chi connectivity index (χ3v) is 2.35. The van der Waals surface area contributed by atoms with Crippen LogP contribution in [0.4, 0.5) is 5.69 Å². The summed E-state index contributed by atoms with van der Waals surface area (Å²) in [6.07, 6.45) is 5.03. The Morgan fingerprint density at radius 2 is 2.29 bits per heavy atom. The van der Waals surface area contributed by atoms with Gasteiger partial charge in [0, 0.05) is 31.3 Å². The minimum Gasteiger partial charge on any atom is -0.477 e. The van der Waals surface area contributed by atoms with Gasteiger partial charge in [-0.3, -0.25) is 0 Å². The van der Waals surface area contributed by atoms with Crippen molar-refractivity contribution in [1.29, 1.82) is 0 Å². The van der Waals surface area contributed by atoms with E-state index in [4.69, 9.17) is 5.11 Å². The third kappa shape index (κ3) is 2.60. The van der Waals surface area contributed by atoms with Crippen molar-refractivity contribution in [3.05, 3.63) is 42.2 Å². The summed E-state index contributed by atoms with van der Waals surface area (Å²) >= 11 is 0. The van der Waals surface area contributed by atoms with Crippen molar-refractivity contribution >= 4 is 11.7 Å². The number of anilines is 1. The first-order chi connectivity index (χ1) is 8.16. The molecule has 88 valence electrons. The summed E-state index contributed by atoms with van der Waals surface area (Å²) in [4.78, 5) is 18.6. The van der Waals surface area contributed by atoms with Gasteiger partial charge in [-0.2, -0.15) is 0 Å². The van der Waals surface area contributed by atoms with Crippen molar-refractivity contribution in [3.63, 3.8) is 0 Å². The van der Waals surface area contributed by atoms with Crippen LogP contribution < -0.4 is 5.32 Å². The fourth-order valence-corrected chi connectivity index (χ4v) is 1.41. The SMILES string of the molecule is Cn1ccnc1CNc1ccnc(C(=O)O)c1. The number of rotatable bonds is 4. The van der Waals surface area contributed by atoms with E-state index in [0.29, 0.717) is 12.2 Å². The van der Waals surface area contributed by atoms with Crippen LogP contribution in [-0.2, 0) is 13.6 Å². The molecule has 0 amide bonds. The van der Waals surface area contributed by atoms with Crippen molar-refractivity contribution in [3.8, 4) is 0 Å². The number of carbonyl (C=O) groups is 1. The molecule has 0 saturated heterocycles. The summed E-state index contributed by atoms with van der Waals surface area (Å²) in [6.45, 7) is 0.534. The van der Waals surface area contributed by atoms with Gasteiger partial charge in [-0.1, -0.05) is 0 Å². The second-order valence-corrected chi connectivity index (χ2v) is 3.54. The molecule has 0 aromatic carbocycles. The molecule has 6 heteroatoms. The standard InChI is InChI=1S/C11H12N4O2/c1-15-5-4-13-10(15)7-14-8-2-3-12-9(6-8)11(16)17/h2-6H,7H2,1H3,(H,12,14)(H,16,17). The zero-order valence-corrected chi connectivity index (χ0v) is 9.29. The van der Waals surface area contributed by atoms with Crippen LogP contribution in [0, 0.1) is 0 Å². The van der Waals surface area contributed by atoms with Gasteiger partial charge >= 0.3 is 5.97 Å². The predicted molar refractivity (Wildman–Crippen MR) is 61.7 cm³/mol. The quantitative estimate of drug-likeness (QED) is 0.825. The zero-order valence-electron chi connectivity index (χ0n) is 9.29. The molecule has 2 heterocycles. The van der Waals surface area contributed by atoms with Crippen LogP contribution in [0.15, 0.2) is 30.7 Å². The van der Waals surface area contributed by atoms with Gasteiger partial charge in [0.1, 0.15) is 11.5 Å². The topological polar surface area (TPSA) is 80.0 Å². The Morgan fingerprint density at radius 3 is 2.94 bits per heavy atom. The summed E-state index contributed by atoms with van der Waals surface area (Å²) in [7, 11) is 1.90. The summed E-state index contributed by atoms with van der Waals surface area (Å²) in [5.41, 5.74) is 0.732. The molecule has 0 saturated carbocycles. The minimum absolute atomic E-state index is 0.0230. The molecule has 2 aromatic heterocycles. The Labute approximate surface area is 97.9 Å². The highest BCUT2D eigenvalue weighted by Crippen LogP contribution is 2.09. The van der Waals surface area contributed by atoms with E-state index in [1.807, 2.05) is 17.8 Å². The number of aryl methyl sites for hydroxylation is 1. The van der Waals surface area contributed by atoms with Crippen molar-refractivity contribution in [2.24, 2.45) is 7.05 Å². The molecule has 6 nitrogen and oxygen atoms in total. The Balaban J connectivity index is 2.07. The van der Waals surface area contributed by atoms with E-state index in [0.717, 1.165) is 5.82 Å². The molecule has 0 bridgehead atoms. The van der Waals surface area contributed by atoms with Gasteiger partial charge in [0.25, 0.3) is 0 Å². The smallest absolute Gasteiger partial charge is 0.354 e. The van der Waals surface area contributed by atoms with Crippen LogP contribution in [-0.4, -0.2) is 25.6 Å². The first-order valence-corrected chi connectivity index (χ1v) is 5.06. The highest BCUT2D eigenvalue weighted by molar-refractivity contribution is 5.86. The average Bonchev–Trinajstić information content (AvgIpc) is 2.72. The Hall–Kier alpha value is -2.37. The molecule has 2 rings (SSSR count). The lowest BCUT2D eigenvalue weighted by Gasteiger charge is -2.06. The number of hydrogen-bond acceptors (Lipinski definition) is 4. The van der Waals surface area contributed by atoms with Crippen LogP contribution in [0.2, 0.25) is 0 Å². The van der Waals surface area contributed by atoms with E-state index in [1.165, 1.54) is 12.3 Å². The summed E-state index contributed by atoms with van der Waals surface area (Å²) < 4.78 is 1.90. The lowest BCUT2D eigenvalue weighted by molar-refractivity contribution is 0.0690. The lowest BCUT2D eigenvalue weighted by atomic mass is 10.3. The number of hydrogen-bond donors (Lipinski definition) is 2. The van der Waals surface area contributed by atoms with Crippen LogP contribution >= 0.6 is 0 Å². The average molecular weight is 232 g/mol. The molecule has 0 aliphatic heterocycles. The second-order valence-electron chi connectivity index (χ2n) is 3.54. The normalized spacial score (nSPS) is 10.2. The number of carboxylic acid groups (broad SMARTS) is 1. The van der Waals surface area contributed by atoms with Gasteiger partial charge < -0.3 is 15.0 Å². The molecule has 0 spiro atoms. The van der Waals surface area contributed by atoms with Crippen molar-refractivity contribution in [2.45, 2.75) is 6.54 Å². The number of aromatic nitrogens is 3. The summed E-state index contributed by atoms with van der Waals surface area (Å²) in [5.74, 6) is -0.163. The lowest BCUT2D eigenvalue weighted by Crippen LogP contribution is -2.07. The van der Waals surface area contributed by atoms with Crippen LogP contribution in [0.5, 0.6) is 0 Å². The molecule has 0 aliphatic carbocycles. The molecule has 0 radical (unpaired) electrons. The highest BCUT2D eigenvalue weighted by atomic mass is 16.4. The van der Waals surface area contributed by atoms with E-state index in [9.17, 15) is 4.79 Å². The third-order valence-electron chi connectivity index (χ3n) is 2.35. The second kappa shape index (κ2) is 4.65. The van der Waals surface area contributed by atoms with Crippen LogP contribution in [0.3, 0.4) is 0 Å². The summed E-state index contributed by atoms with van der Waals surface area (Å²) in [5, 5.41) is 11.9. The Bertz CT molecular complexity index is 536. The predicted octanol–water partition coefficient (Wildman–Crippen LogP) is 1.13. The number of imidazole rings is 1. The molecular weight excluding hydrogens is 220 g/mol. The molecule has 0 aliphatic rings. The fraction of sp³-hybridized carbons (Fsp3) is 0.182. The van der Waals surface area contributed by atoms with E-state index in [-0.39, 0.29) is 5.69 Å². The maximum Gasteiger partial charge on any atom is 0.354 e. The monoisotopic (exact) mass is 232 g/mol. The van der Waals surface area contributed by atoms with Crippen molar-refractivity contribution in [2.75, 3.05) is 5.32 Å². The molecule has 0 unspecified atom stereocenters. The zero-order chi connectivity index (χ0) is 12.3. The Morgan fingerprint density at radius 1 is 1.47 bits per heavy atom.